The van der Waals surface area contributed by atoms with Crippen LogP contribution >= 0.6 is 22.9 Å². The van der Waals surface area contributed by atoms with Gasteiger partial charge in [-0.15, -0.1) is 11.3 Å². The lowest BCUT2D eigenvalue weighted by molar-refractivity contribution is -0.114. The monoisotopic (exact) mass is 414 g/mol. The number of anilines is 2. The Bertz CT molecular complexity index is 900. The van der Waals surface area contributed by atoms with Crippen molar-refractivity contribution >= 4 is 51.5 Å². The maximum absolute atomic E-state index is 13.7. The van der Waals surface area contributed by atoms with E-state index in [4.69, 9.17) is 16.3 Å². The molecule has 2 aromatic rings. The normalized spacial score (nSPS) is 10.3. The lowest BCUT2D eigenvalue weighted by Crippen LogP contribution is -2.22. The number of thiophene rings is 1. The number of carbonyl (C=O) groups is 3. The van der Waals surface area contributed by atoms with Crippen LogP contribution in [0.3, 0.4) is 0 Å². The smallest absolute Gasteiger partial charge is 0.348 e. The average Bonchev–Trinajstić information content (AvgIpc) is 2.97. The second-order valence-electron chi connectivity index (χ2n) is 5.27. The molecule has 1 heterocycles. The zero-order valence-electron chi connectivity index (χ0n) is 14.6. The van der Waals surface area contributed by atoms with Gasteiger partial charge in [0.15, 0.2) is 0 Å². The fraction of sp³-hybridized carbons (Fsp3) is 0.235. The second-order valence-corrected chi connectivity index (χ2v) is 6.73. The summed E-state index contributed by atoms with van der Waals surface area (Å²) in [4.78, 5) is 36.2. The van der Waals surface area contributed by atoms with Crippen molar-refractivity contribution in [2.24, 2.45) is 0 Å². The molecule has 0 saturated carbocycles. The number of halogens is 2. The van der Waals surface area contributed by atoms with E-state index in [0.29, 0.717) is 10.6 Å². The minimum absolute atomic E-state index is 0.0588. The minimum Gasteiger partial charge on any atom is -0.465 e. The fourth-order valence-electron chi connectivity index (χ4n) is 2.22. The van der Waals surface area contributed by atoms with E-state index < -0.39 is 23.7 Å². The zero-order valence-corrected chi connectivity index (χ0v) is 16.2. The first-order valence-electron chi connectivity index (χ1n) is 7.57. The molecule has 27 heavy (non-hydrogen) atoms. The van der Waals surface area contributed by atoms with Crippen LogP contribution < -0.4 is 10.6 Å². The summed E-state index contributed by atoms with van der Waals surface area (Å²) in [5.74, 6) is -2.47. The third-order valence-corrected chi connectivity index (χ3v) is 4.95. The number of esters is 2. The highest BCUT2D eigenvalue weighted by Gasteiger charge is 2.26. The Balaban J connectivity index is 2.20. The van der Waals surface area contributed by atoms with Gasteiger partial charge in [-0.05, 0) is 30.7 Å². The van der Waals surface area contributed by atoms with E-state index in [1.807, 2.05) is 0 Å². The molecule has 2 rings (SSSR count). The number of nitrogens with one attached hydrogen (secondary N) is 2. The van der Waals surface area contributed by atoms with Crippen LogP contribution in [-0.4, -0.2) is 38.6 Å². The number of hydrogen-bond acceptors (Lipinski definition) is 7. The van der Waals surface area contributed by atoms with Crippen molar-refractivity contribution in [2.75, 3.05) is 31.4 Å². The minimum atomic E-state index is -0.706. The van der Waals surface area contributed by atoms with E-state index in [0.717, 1.165) is 11.3 Å². The number of methoxy groups -OCH3 is 2. The lowest BCUT2D eigenvalue weighted by Gasteiger charge is -2.09. The first-order valence-corrected chi connectivity index (χ1v) is 8.76. The summed E-state index contributed by atoms with van der Waals surface area (Å²) >= 11 is 6.68. The van der Waals surface area contributed by atoms with Gasteiger partial charge in [0.1, 0.15) is 15.7 Å². The molecule has 0 unspecified atom stereocenters. The van der Waals surface area contributed by atoms with Crippen LogP contribution in [0, 0.1) is 12.7 Å². The third kappa shape index (κ3) is 4.75. The molecular formula is C17H16ClFN2O5S. The van der Waals surface area contributed by atoms with Crippen LogP contribution in [0.5, 0.6) is 0 Å². The van der Waals surface area contributed by atoms with E-state index >= 15 is 0 Å². The number of ether oxygens (including phenoxy) is 2. The molecule has 1 aromatic heterocycles. The summed E-state index contributed by atoms with van der Waals surface area (Å²) in [7, 11) is 2.40. The van der Waals surface area contributed by atoms with E-state index in [2.05, 4.69) is 15.4 Å². The standard InChI is InChI=1S/C17H16ClFN2O5S/c1-8-13(16(23)25-2)15(27-14(8)17(24)26-3)21-12(22)7-20-11-6-9(18)4-5-10(11)19/h4-6,20H,7H2,1-3H3,(H,21,22). The first kappa shape index (κ1) is 20.7. The second kappa shape index (κ2) is 8.83. The van der Waals surface area contributed by atoms with Crippen molar-refractivity contribution in [2.45, 2.75) is 6.92 Å². The van der Waals surface area contributed by atoms with Gasteiger partial charge in [0.2, 0.25) is 5.91 Å². The van der Waals surface area contributed by atoms with Crippen LogP contribution in [0.15, 0.2) is 18.2 Å². The highest BCUT2D eigenvalue weighted by Crippen LogP contribution is 2.34. The molecule has 0 radical (unpaired) electrons. The van der Waals surface area contributed by atoms with E-state index in [-0.39, 0.29) is 27.7 Å². The van der Waals surface area contributed by atoms with Crippen molar-refractivity contribution in [3.63, 3.8) is 0 Å². The molecule has 0 fully saturated rings. The summed E-state index contributed by atoms with van der Waals surface area (Å²) in [6.45, 7) is 1.26. The van der Waals surface area contributed by atoms with E-state index in [1.54, 1.807) is 6.92 Å². The molecule has 1 aromatic carbocycles. The molecule has 0 saturated heterocycles. The van der Waals surface area contributed by atoms with Crippen molar-refractivity contribution in [3.05, 3.63) is 45.0 Å². The highest BCUT2D eigenvalue weighted by atomic mass is 35.5. The molecule has 1 amide bonds. The van der Waals surface area contributed by atoms with Gasteiger partial charge in [-0.25, -0.2) is 14.0 Å². The Labute approximate surface area is 163 Å². The predicted molar refractivity (Wildman–Crippen MR) is 100 cm³/mol. The summed E-state index contributed by atoms with van der Waals surface area (Å²) in [6.07, 6.45) is 0. The maximum Gasteiger partial charge on any atom is 0.348 e. The van der Waals surface area contributed by atoms with Crippen molar-refractivity contribution in [1.82, 2.24) is 0 Å². The molecular weight excluding hydrogens is 399 g/mol. The Hall–Kier alpha value is -2.65. The molecule has 0 aliphatic carbocycles. The molecule has 0 atom stereocenters. The molecule has 0 aliphatic rings. The van der Waals surface area contributed by atoms with Gasteiger partial charge in [-0.1, -0.05) is 11.6 Å². The van der Waals surface area contributed by atoms with Crippen LogP contribution in [0.2, 0.25) is 5.02 Å². The number of hydrogen-bond donors (Lipinski definition) is 2. The molecule has 7 nitrogen and oxygen atoms in total. The molecule has 0 bridgehead atoms. The molecule has 0 spiro atoms. The van der Waals surface area contributed by atoms with Gasteiger partial charge < -0.3 is 20.1 Å². The van der Waals surface area contributed by atoms with Crippen LogP contribution in [0.4, 0.5) is 15.1 Å². The number of carbonyl (C=O) groups excluding carboxylic acids is 3. The Morgan fingerprint density at radius 1 is 1.19 bits per heavy atom. The van der Waals surface area contributed by atoms with E-state index in [9.17, 15) is 18.8 Å². The molecule has 144 valence electrons. The topological polar surface area (TPSA) is 93.7 Å². The Kier molecular flexibility index (Phi) is 6.75. The fourth-order valence-corrected chi connectivity index (χ4v) is 3.52. The van der Waals surface area contributed by atoms with Crippen molar-refractivity contribution in [3.8, 4) is 0 Å². The largest absolute Gasteiger partial charge is 0.465 e. The Morgan fingerprint density at radius 3 is 2.48 bits per heavy atom. The lowest BCUT2D eigenvalue weighted by atomic mass is 10.1. The molecule has 2 N–H and O–H groups in total. The number of amides is 1. The average molecular weight is 415 g/mol. The van der Waals surface area contributed by atoms with Gasteiger partial charge in [-0.3, -0.25) is 4.79 Å². The number of rotatable bonds is 6. The van der Waals surface area contributed by atoms with Crippen LogP contribution in [0.1, 0.15) is 25.6 Å². The zero-order chi connectivity index (χ0) is 20.1. The quantitative estimate of drug-likeness (QED) is 0.703. The van der Waals surface area contributed by atoms with Gasteiger partial charge in [0.05, 0.1) is 32.0 Å². The summed E-state index contributed by atoms with van der Waals surface area (Å²) in [5, 5.41) is 5.59. The third-order valence-electron chi connectivity index (χ3n) is 3.53. The van der Waals surface area contributed by atoms with E-state index in [1.165, 1.54) is 32.4 Å². The van der Waals surface area contributed by atoms with Gasteiger partial charge in [0.25, 0.3) is 0 Å². The summed E-state index contributed by atoms with van der Waals surface area (Å²) in [6, 6.07) is 3.89. The van der Waals surface area contributed by atoms with Crippen molar-refractivity contribution in [1.29, 1.82) is 0 Å². The molecule has 10 heteroatoms. The van der Waals surface area contributed by atoms with Gasteiger partial charge in [0, 0.05) is 5.02 Å². The van der Waals surface area contributed by atoms with Crippen LogP contribution in [0.25, 0.3) is 0 Å². The summed E-state index contributed by atoms with van der Waals surface area (Å²) in [5.41, 5.74) is 0.455. The van der Waals surface area contributed by atoms with Crippen molar-refractivity contribution < 1.29 is 28.2 Å². The van der Waals surface area contributed by atoms with Gasteiger partial charge in [-0.2, -0.15) is 0 Å². The molecule has 0 aliphatic heterocycles. The predicted octanol–water partition coefficient (Wildman–Crippen LogP) is 3.47. The van der Waals surface area contributed by atoms with Gasteiger partial charge >= 0.3 is 11.9 Å². The highest BCUT2D eigenvalue weighted by molar-refractivity contribution is 7.18. The Morgan fingerprint density at radius 2 is 1.85 bits per heavy atom. The van der Waals surface area contributed by atoms with Crippen LogP contribution in [-0.2, 0) is 14.3 Å². The SMILES string of the molecule is COC(=O)c1sc(NC(=O)CNc2cc(Cl)ccc2F)c(C(=O)OC)c1C. The number of benzene rings is 1. The summed E-state index contributed by atoms with van der Waals surface area (Å²) < 4.78 is 23.1. The maximum atomic E-state index is 13.7. The first-order chi connectivity index (χ1) is 12.8.